The number of imidazole rings is 1. The quantitative estimate of drug-likeness (QED) is 0.355. The zero-order valence-corrected chi connectivity index (χ0v) is 18.6. The van der Waals surface area contributed by atoms with Gasteiger partial charge in [0.2, 0.25) is 0 Å². The first-order valence-corrected chi connectivity index (χ1v) is 10.7. The Hall–Kier alpha value is -4.63. The molecule has 5 aromatic rings. The maximum absolute atomic E-state index is 13.3. The second-order valence-corrected chi connectivity index (χ2v) is 7.88. The largest absolute Gasteiger partial charge is 0.464 e. The molecule has 2 aromatic carbocycles. The van der Waals surface area contributed by atoms with Gasteiger partial charge in [-0.2, -0.15) is 10.00 Å². The highest BCUT2D eigenvalue weighted by atomic mass is 35.5. The molecular formula is C25H15ClFN5O3. The van der Waals surface area contributed by atoms with Gasteiger partial charge in [0, 0.05) is 34.1 Å². The van der Waals surface area contributed by atoms with E-state index in [0.29, 0.717) is 32.5 Å². The molecule has 0 unspecified atom stereocenters. The number of nitrogens with zero attached hydrogens (tertiary/aromatic N) is 5. The van der Waals surface area contributed by atoms with Crippen LogP contribution in [-0.4, -0.2) is 36.7 Å². The van der Waals surface area contributed by atoms with E-state index in [1.165, 1.54) is 24.4 Å². The van der Waals surface area contributed by atoms with Gasteiger partial charge >= 0.3 is 6.09 Å². The summed E-state index contributed by atoms with van der Waals surface area (Å²) in [6.45, 7) is 0. The van der Waals surface area contributed by atoms with Crippen LogP contribution in [0.4, 0.5) is 15.0 Å². The number of fused-ring (bicyclic) bond motifs is 1. The first-order chi connectivity index (χ1) is 16.9. The fraction of sp³-hybridized carbons (Fsp3) is 0. The Balaban J connectivity index is 1.66. The Labute approximate surface area is 202 Å². The number of carbonyl (C=O) groups is 2. The van der Waals surface area contributed by atoms with Gasteiger partial charge in [-0.25, -0.2) is 23.7 Å². The first kappa shape index (κ1) is 22.2. The molecule has 0 saturated carbocycles. The summed E-state index contributed by atoms with van der Waals surface area (Å²) in [4.78, 5) is 34.3. The van der Waals surface area contributed by atoms with Gasteiger partial charge in [-0.1, -0.05) is 23.7 Å². The van der Waals surface area contributed by atoms with Crippen molar-refractivity contribution >= 4 is 35.1 Å². The third kappa shape index (κ3) is 4.20. The third-order valence-corrected chi connectivity index (χ3v) is 5.46. The van der Waals surface area contributed by atoms with Crippen molar-refractivity contribution < 1.29 is 19.1 Å². The van der Waals surface area contributed by atoms with Crippen molar-refractivity contribution in [2.24, 2.45) is 0 Å². The van der Waals surface area contributed by atoms with Gasteiger partial charge in [-0.3, -0.25) is 4.79 Å². The molecule has 35 heavy (non-hydrogen) atoms. The number of anilines is 1. The number of halogens is 2. The van der Waals surface area contributed by atoms with Crippen LogP contribution in [0.2, 0.25) is 5.02 Å². The molecule has 0 aliphatic carbocycles. The van der Waals surface area contributed by atoms with Crippen LogP contribution in [0.1, 0.15) is 10.4 Å². The highest BCUT2D eigenvalue weighted by Crippen LogP contribution is 2.34. The Morgan fingerprint density at radius 2 is 1.74 bits per heavy atom. The normalized spacial score (nSPS) is 10.9. The molecule has 0 bridgehead atoms. The summed E-state index contributed by atoms with van der Waals surface area (Å²) in [5, 5.41) is 14.7. The second-order valence-electron chi connectivity index (χ2n) is 7.45. The van der Waals surface area contributed by atoms with Gasteiger partial charge in [0.25, 0.3) is 5.91 Å². The van der Waals surface area contributed by atoms with E-state index in [1.807, 2.05) is 6.07 Å². The number of carbonyl (C=O) groups excluding carboxylic acids is 1. The van der Waals surface area contributed by atoms with E-state index in [4.69, 9.17) is 16.6 Å². The molecule has 0 radical (unpaired) electrons. The lowest BCUT2D eigenvalue weighted by Crippen LogP contribution is -2.36. The summed E-state index contributed by atoms with van der Waals surface area (Å²) >= 11 is 6.20. The van der Waals surface area contributed by atoms with E-state index in [2.05, 4.69) is 10.1 Å². The Kier molecular flexibility index (Phi) is 5.68. The highest BCUT2D eigenvalue weighted by Gasteiger charge is 2.27. The average molecular weight is 488 g/mol. The predicted molar refractivity (Wildman–Crippen MR) is 128 cm³/mol. The van der Waals surface area contributed by atoms with Gasteiger partial charge in [-0.15, -0.1) is 0 Å². The number of carboxylic acid groups (broad SMARTS) is 1. The van der Waals surface area contributed by atoms with E-state index >= 15 is 0 Å². The number of imide groups is 1. The van der Waals surface area contributed by atoms with Gasteiger partial charge in [0.15, 0.2) is 5.65 Å². The van der Waals surface area contributed by atoms with Crippen molar-refractivity contribution in [3.63, 3.8) is 0 Å². The molecule has 0 fully saturated rings. The van der Waals surface area contributed by atoms with E-state index < -0.39 is 17.8 Å². The summed E-state index contributed by atoms with van der Waals surface area (Å²) in [5.41, 5.74) is 2.94. The van der Waals surface area contributed by atoms with E-state index in [9.17, 15) is 19.1 Å². The van der Waals surface area contributed by atoms with Crippen LogP contribution in [-0.2, 0) is 0 Å². The topological polar surface area (TPSA) is 101 Å². The molecule has 0 aliphatic rings. The molecule has 0 aliphatic heterocycles. The zero-order chi connectivity index (χ0) is 24.5. The first-order valence-electron chi connectivity index (χ1n) is 10.3. The number of amides is 2. The van der Waals surface area contributed by atoms with Crippen molar-refractivity contribution in [3.05, 3.63) is 102 Å². The number of rotatable bonds is 4. The van der Waals surface area contributed by atoms with E-state index in [0.717, 1.165) is 17.7 Å². The molecule has 0 atom stereocenters. The van der Waals surface area contributed by atoms with Gasteiger partial charge in [0.05, 0.1) is 5.69 Å². The minimum atomic E-state index is -1.53. The molecule has 172 valence electrons. The van der Waals surface area contributed by atoms with Crippen molar-refractivity contribution in [2.75, 3.05) is 4.90 Å². The Bertz CT molecular complexity index is 1590. The van der Waals surface area contributed by atoms with E-state index in [1.54, 1.807) is 47.1 Å². The lowest BCUT2D eigenvalue weighted by Gasteiger charge is -2.17. The molecule has 0 spiro atoms. The SMILES string of the molecule is O=C(O)N(C(=O)c1ccc(F)cc1)c1cc(-c2c(-c3cccc(Cl)c3)nc3cccnn23)ccn1. The van der Waals surface area contributed by atoms with Crippen LogP contribution >= 0.6 is 11.6 Å². The molecule has 10 heteroatoms. The van der Waals surface area contributed by atoms with Crippen molar-refractivity contribution in [2.45, 2.75) is 0 Å². The zero-order valence-electron chi connectivity index (χ0n) is 17.8. The summed E-state index contributed by atoms with van der Waals surface area (Å²) < 4.78 is 14.9. The standard InChI is InChI=1S/C25H15ClFN5O3/c26-18-4-1-3-16(13-18)22-23(32-20(30-22)5-2-11-29-32)17-10-12-28-21(14-17)31(25(34)35)24(33)15-6-8-19(27)9-7-15/h1-14H,(H,34,35). The van der Waals surface area contributed by atoms with Crippen molar-refractivity contribution in [1.29, 1.82) is 0 Å². The molecule has 5 rings (SSSR count). The Morgan fingerprint density at radius 1 is 0.943 bits per heavy atom. The number of benzene rings is 2. The van der Waals surface area contributed by atoms with Crippen LogP contribution in [0, 0.1) is 5.82 Å². The highest BCUT2D eigenvalue weighted by molar-refractivity contribution is 6.30. The fourth-order valence-corrected chi connectivity index (χ4v) is 3.87. The van der Waals surface area contributed by atoms with Gasteiger partial charge < -0.3 is 5.11 Å². The number of hydrogen-bond donors (Lipinski definition) is 1. The van der Waals surface area contributed by atoms with Crippen LogP contribution in [0.25, 0.3) is 28.2 Å². The monoisotopic (exact) mass is 487 g/mol. The molecule has 1 N–H and O–H groups in total. The summed E-state index contributed by atoms with van der Waals surface area (Å²) in [6.07, 6.45) is 1.46. The van der Waals surface area contributed by atoms with E-state index in [-0.39, 0.29) is 11.4 Å². The van der Waals surface area contributed by atoms with Crippen molar-refractivity contribution in [1.82, 2.24) is 19.6 Å². The van der Waals surface area contributed by atoms with Gasteiger partial charge in [0.1, 0.15) is 17.3 Å². The van der Waals surface area contributed by atoms with Crippen LogP contribution in [0.5, 0.6) is 0 Å². The number of pyridine rings is 1. The van der Waals surface area contributed by atoms with Crippen LogP contribution in [0.15, 0.2) is 85.2 Å². The average Bonchev–Trinajstić information content (AvgIpc) is 3.24. The fourth-order valence-electron chi connectivity index (χ4n) is 3.68. The molecular weight excluding hydrogens is 473 g/mol. The lowest BCUT2D eigenvalue weighted by atomic mass is 10.1. The molecule has 0 saturated heterocycles. The smallest absolute Gasteiger partial charge is 0.420 e. The second kappa shape index (κ2) is 8.96. The molecule has 3 aromatic heterocycles. The Morgan fingerprint density at radius 3 is 2.49 bits per heavy atom. The minimum Gasteiger partial charge on any atom is -0.464 e. The number of aromatic nitrogens is 4. The van der Waals surface area contributed by atoms with Crippen LogP contribution < -0.4 is 4.90 Å². The maximum Gasteiger partial charge on any atom is 0.420 e. The summed E-state index contributed by atoms with van der Waals surface area (Å²) in [5.74, 6) is -1.54. The third-order valence-electron chi connectivity index (χ3n) is 5.22. The van der Waals surface area contributed by atoms with Gasteiger partial charge in [-0.05, 0) is 60.7 Å². The molecule has 8 nitrogen and oxygen atoms in total. The maximum atomic E-state index is 13.3. The lowest BCUT2D eigenvalue weighted by molar-refractivity contribution is 0.0982. The number of hydrogen-bond acceptors (Lipinski definition) is 5. The summed E-state index contributed by atoms with van der Waals surface area (Å²) in [6, 6.07) is 18.4. The minimum absolute atomic E-state index is 0.00270. The van der Waals surface area contributed by atoms with Crippen LogP contribution in [0.3, 0.4) is 0 Å². The predicted octanol–water partition coefficient (Wildman–Crippen LogP) is 5.58. The summed E-state index contributed by atoms with van der Waals surface area (Å²) in [7, 11) is 0. The molecule has 3 heterocycles. The molecule has 2 amide bonds. The van der Waals surface area contributed by atoms with Crippen molar-refractivity contribution in [3.8, 4) is 22.5 Å².